The molecule has 1 heterocycles. The van der Waals surface area contributed by atoms with Gasteiger partial charge in [-0.05, 0) is 18.8 Å². The van der Waals surface area contributed by atoms with Gasteiger partial charge in [-0.2, -0.15) is 0 Å². The SMILES string of the molecule is O=C(O)Cn1cc(CNC(=O)CCCC2CCCC2)nn1. The van der Waals surface area contributed by atoms with E-state index < -0.39 is 5.97 Å². The minimum atomic E-state index is -0.970. The van der Waals surface area contributed by atoms with Crippen LogP contribution >= 0.6 is 0 Å². The van der Waals surface area contributed by atoms with E-state index in [4.69, 9.17) is 5.11 Å². The van der Waals surface area contributed by atoms with Gasteiger partial charge in [0.05, 0.1) is 12.7 Å². The van der Waals surface area contributed by atoms with E-state index in [1.54, 1.807) is 0 Å². The van der Waals surface area contributed by atoms with Gasteiger partial charge in [-0.25, -0.2) is 4.68 Å². The normalized spacial score (nSPS) is 15.2. The lowest BCUT2D eigenvalue weighted by atomic mass is 10.0. The average Bonchev–Trinajstić information content (AvgIpc) is 3.07. The molecular weight excluding hydrogens is 272 g/mol. The van der Waals surface area contributed by atoms with Crippen LogP contribution in [0.25, 0.3) is 0 Å². The molecule has 0 aliphatic heterocycles. The fourth-order valence-electron chi connectivity index (χ4n) is 2.76. The largest absolute Gasteiger partial charge is 0.480 e. The number of carboxylic acids is 1. The molecule has 0 atom stereocenters. The molecule has 21 heavy (non-hydrogen) atoms. The third kappa shape index (κ3) is 5.53. The van der Waals surface area contributed by atoms with Gasteiger partial charge in [0, 0.05) is 6.42 Å². The predicted octanol–water partition coefficient (Wildman–Crippen LogP) is 1.34. The van der Waals surface area contributed by atoms with Gasteiger partial charge in [-0.1, -0.05) is 30.9 Å². The molecule has 0 unspecified atom stereocenters. The summed E-state index contributed by atoms with van der Waals surface area (Å²) in [6.07, 6.45) is 9.45. The van der Waals surface area contributed by atoms with Crippen LogP contribution in [0.3, 0.4) is 0 Å². The van der Waals surface area contributed by atoms with Crippen LogP contribution in [0, 0.1) is 5.92 Å². The smallest absolute Gasteiger partial charge is 0.325 e. The number of aliphatic carboxylic acids is 1. The summed E-state index contributed by atoms with van der Waals surface area (Å²) in [6.45, 7) is 0.0736. The molecule has 2 rings (SSSR count). The molecule has 2 N–H and O–H groups in total. The summed E-state index contributed by atoms with van der Waals surface area (Å²) in [6, 6.07) is 0. The number of aromatic nitrogens is 3. The van der Waals surface area contributed by atoms with Crippen LogP contribution in [0.1, 0.15) is 50.6 Å². The second-order valence-electron chi connectivity index (χ2n) is 5.62. The quantitative estimate of drug-likeness (QED) is 0.754. The van der Waals surface area contributed by atoms with Crippen molar-refractivity contribution in [1.82, 2.24) is 20.3 Å². The Morgan fingerprint density at radius 2 is 2.14 bits per heavy atom. The molecule has 1 fully saturated rings. The van der Waals surface area contributed by atoms with Crippen molar-refractivity contribution in [3.05, 3.63) is 11.9 Å². The lowest BCUT2D eigenvalue weighted by Gasteiger charge is -2.08. The molecule has 7 nitrogen and oxygen atoms in total. The lowest BCUT2D eigenvalue weighted by Crippen LogP contribution is -2.22. The first-order valence-electron chi connectivity index (χ1n) is 7.51. The summed E-state index contributed by atoms with van der Waals surface area (Å²) in [7, 11) is 0. The minimum Gasteiger partial charge on any atom is -0.480 e. The summed E-state index contributed by atoms with van der Waals surface area (Å²) >= 11 is 0. The Morgan fingerprint density at radius 1 is 1.38 bits per heavy atom. The molecule has 116 valence electrons. The van der Waals surface area contributed by atoms with Gasteiger partial charge in [0.1, 0.15) is 12.2 Å². The molecule has 1 amide bonds. The number of carbonyl (C=O) groups excluding carboxylic acids is 1. The van der Waals surface area contributed by atoms with Crippen LogP contribution < -0.4 is 5.32 Å². The summed E-state index contributed by atoms with van der Waals surface area (Å²) in [5, 5.41) is 18.9. The van der Waals surface area contributed by atoms with Gasteiger partial charge in [-0.15, -0.1) is 5.10 Å². The van der Waals surface area contributed by atoms with Gasteiger partial charge >= 0.3 is 5.97 Å². The number of hydrogen-bond donors (Lipinski definition) is 2. The van der Waals surface area contributed by atoms with Crippen molar-refractivity contribution < 1.29 is 14.7 Å². The van der Waals surface area contributed by atoms with Crippen molar-refractivity contribution in [3.8, 4) is 0 Å². The maximum Gasteiger partial charge on any atom is 0.325 e. The predicted molar refractivity (Wildman–Crippen MR) is 75.3 cm³/mol. The Bertz CT molecular complexity index is 480. The molecule has 1 aromatic heterocycles. The Kier molecular flexibility index (Phi) is 5.71. The summed E-state index contributed by atoms with van der Waals surface area (Å²) in [5.74, 6) is -0.142. The van der Waals surface area contributed by atoms with Crippen LogP contribution in [-0.2, 0) is 22.7 Å². The van der Waals surface area contributed by atoms with E-state index in [0.717, 1.165) is 18.8 Å². The molecule has 1 saturated carbocycles. The number of amides is 1. The number of rotatable bonds is 8. The second-order valence-corrected chi connectivity index (χ2v) is 5.62. The summed E-state index contributed by atoms with van der Waals surface area (Å²) in [4.78, 5) is 22.2. The number of nitrogens with one attached hydrogen (secondary N) is 1. The first-order valence-corrected chi connectivity index (χ1v) is 7.51. The zero-order chi connectivity index (χ0) is 15.1. The topological polar surface area (TPSA) is 97.1 Å². The molecule has 1 aliphatic carbocycles. The van der Waals surface area contributed by atoms with E-state index in [1.807, 2.05) is 0 Å². The number of carboxylic acid groups (broad SMARTS) is 1. The molecule has 7 heteroatoms. The number of hydrogen-bond acceptors (Lipinski definition) is 4. The Hall–Kier alpha value is -1.92. The molecule has 0 bridgehead atoms. The monoisotopic (exact) mass is 294 g/mol. The van der Waals surface area contributed by atoms with Crippen molar-refractivity contribution in [2.45, 2.75) is 58.0 Å². The van der Waals surface area contributed by atoms with Crippen LogP contribution in [0.15, 0.2) is 6.20 Å². The molecule has 0 saturated heterocycles. The highest BCUT2D eigenvalue weighted by atomic mass is 16.4. The van der Waals surface area contributed by atoms with Crippen molar-refractivity contribution >= 4 is 11.9 Å². The van der Waals surface area contributed by atoms with Gasteiger partial charge in [0.2, 0.25) is 5.91 Å². The van der Waals surface area contributed by atoms with Crippen molar-refractivity contribution in [2.75, 3.05) is 0 Å². The molecule has 1 aliphatic rings. The van der Waals surface area contributed by atoms with E-state index in [2.05, 4.69) is 15.6 Å². The Labute approximate surface area is 123 Å². The Morgan fingerprint density at radius 3 is 2.86 bits per heavy atom. The van der Waals surface area contributed by atoms with Crippen molar-refractivity contribution in [2.24, 2.45) is 5.92 Å². The maximum absolute atomic E-state index is 11.7. The highest BCUT2D eigenvalue weighted by molar-refractivity contribution is 5.75. The van der Waals surface area contributed by atoms with E-state index >= 15 is 0 Å². The first-order chi connectivity index (χ1) is 10.1. The number of carbonyl (C=O) groups is 2. The minimum absolute atomic E-state index is 0.0146. The van der Waals surface area contributed by atoms with Crippen molar-refractivity contribution in [3.63, 3.8) is 0 Å². The standard InChI is InChI=1S/C14H22N4O3/c19-13(7-3-6-11-4-1-2-5-11)15-8-12-9-18(17-16-12)10-14(20)21/h9,11H,1-8,10H2,(H,15,19)(H,20,21). The van der Waals surface area contributed by atoms with E-state index in [1.165, 1.54) is 36.6 Å². The molecule has 0 spiro atoms. The molecule has 0 aromatic carbocycles. The zero-order valence-electron chi connectivity index (χ0n) is 12.1. The van der Waals surface area contributed by atoms with Crippen LogP contribution in [0.4, 0.5) is 0 Å². The van der Waals surface area contributed by atoms with Gasteiger partial charge in [0.15, 0.2) is 0 Å². The van der Waals surface area contributed by atoms with Crippen LogP contribution in [-0.4, -0.2) is 32.0 Å². The van der Waals surface area contributed by atoms with Crippen LogP contribution in [0.2, 0.25) is 0 Å². The van der Waals surface area contributed by atoms with Crippen LogP contribution in [0.5, 0.6) is 0 Å². The first kappa shape index (κ1) is 15.5. The van der Waals surface area contributed by atoms with Gasteiger partial charge in [-0.3, -0.25) is 9.59 Å². The average molecular weight is 294 g/mol. The molecule has 0 radical (unpaired) electrons. The van der Waals surface area contributed by atoms with E-state index in [9.17, 15) is 9.59 Å². The maximum atomic E-state index is 11.7. The number of nitrogens with zero attached hydrogens (tertiary/aromatic N) is 3. The molecular formula is C14H22N4O3. The fourth-order valence-corrected chi connectivity index (χ4v) is 2.76. The lowest BCUT2D eigenvalue weighted by molar-refractivity contribution is -0.138. The zero-order valence-corrected chi connectivity index (χ0v) is 12.1. The summed E-state index contributed by atoms with van der Waals surface area (Å²) in [5.41, 5.74) is 0.570. The van der Waals surface area contributed by atoms with E-state index in [0.29, 0.717) is 18.7 Å². The fraction of sp³-hybridized carbons (Fsp3) is 0.714. The van der Waals surface area contributed by atoms with E-state index in [-0.39, 0.29) is 12.5 Å². The van der Waals surface area contributed by atoms with Gasteiger partial charge < -0.3 is 10.4 Å². The third-order valence-electron chi connectivity index (χ3n) is 3.84. The highest BCUT2D eigenvalue weighted by Crippen LogP contribution is 2.28. The second kappa shape index (κ2) is 7.75. The molecule has 1 aromatic rings. The Balaban J connectivity index is 1.61. The van der Waals surface area contributed by atoms with Crippen molar-refractivity contribution in [1.29, 1.82) is 0 Å². The summed E-state index contributed by atoms with van der Waals surface area (Å²) < 4.78 is 1.24. The van der Waals surface area contributed by atoms with Gasteiger partial charge in [0.25, 0.3) is 0 Å². The highest BCUT2D eigenvalue weighted by Gasteiger charge is 2.15. The third-order valence-corrected chi connectivity index (χ3v) is 3.84.